The van der Waals surface area contributed by atoms with Crippen molar-refractivity contribution in [1.82, 2.24) is 9.88 Å². The van der Waals surface area contributed by atoms with Crippen LogP contribution in [-0.4, -0.2) is 28.5 Å². The van der Waals surface area contributed by atoms with Gasteiger partial charge in [-0.3, -0.25) is 4.79 Å². The quantitative estimate of drug-likeness (QED) is 0.554. The fraction of sp³-hybridized carbons (Fsp3) is 0.417. The monoisotopic (exact) mass is 238 g/mol. The Morgan fingerprint density at radius 1 is 1.44 bits per heavy atom. The fourth-order valence-electron chi connectivity index (χ4n) is 1.27. The first-order chi connectivity index (χ1) is 7.83. The topological polar surface area (TPSA) is 34.0 Å². The van der Waals surface area contributed by atoms with Crippen LogP contribution in [0.25, 0.3) is 0 Å². The van der Waals surface area contributed by atoms with Gasteiger partial charge in [-0.25, -0.2) is 0 Å². The lowest BCUT2D eigenvalue weighted by atomic mass is 10.4. The van der Waals surface area contributed by atoms with Crippen molar-refractivity contribution in [3.8, 4) is 0 Å². The molecule has 1 aromatic rings. The molecule has 1 N–H and O–H groups in total. The van der Waals surface area contributed by atoms with Gasteiger partial charge in [0.1, 0.15) is 0 Å². The second-order valence-corrected chi connectivity index (χ2v) is 4.53. The Balaban J connectivity index is 2.00. The number of aryl methyl sites for hydroxylation is 1. The Bertz CT molecular complexity index is 309. The molecule has 0 aromatic carbocycles. The zero-order valence-corrected chi connectivity index (χ0v) is 10.2. The average Bonchev–Trinajstić information content (AvgIpc) is 2.79. The highest BCUT2D eigenvalue weighted by atomic mass is 32.2. The Morgan fingerprint density at radius 2 is 2.19 bits per heavy atom. The van der Waals surface area contributed by atoms with Gasteiger partial charge in [-0.05, 0) is 12.1 Å². The van der Waals surface area contributed by atoms with Gasteiger partial charge in [0.25, 0.3) is 0 Å². The van der Waals surface area contributed by atoms with Gasteiger partial charge < -0.3 is 9.88 Å². The van der Waals surface area contributed by atoms with Crippen molar-refractivity contribution in [3.05, 3.63) is 37.2 Å². The molecule has 1 rings (SSSR count). The lowest BCUT2D eigenvalue weighted by molar-refractivity contribution is -0.121. The summed E-state index contributed by atoms with van der Waals surface area (Å²) < 4.78 is 2.01. The van der Waals surface area contributed by atoms with Crippen LogP contribution >= 0.6 is 11.8 Å². The van der Waals surface area contributed by atoms with Crippen LogP contribution < -0.4 is 5.32 Å². The zero-order valence-electron chi connectivity index (χ0n) is 9.39. The number of rotatable bonds is 8. The molecule has 0 bridgehead atoms. The van der Waals surface area contributed by atoms with E-state index in [4.69, 9.17) is 0 Å². The van der Waals surface area contributed by atoms with E-state index in [-0.39, 0.29) is 5.91 Å². The molecule has 0 spiro atoms. The standard InChI is InChI=1S/C12H18N2OS/c1-2-10-16-11-6-13-12(15)5-9-14-7-3-4-8-14/h2-4,7-8H,1,5-6,9-11H2,(H,13,15). The van der Waals surface area contributed by atoms with Crippen molar-refractivity contribution in [3.63, 3.8) is 0 Å². The van der Waals surface area contributed by atoms with Gasteiger partial charge in [0.05, 0.1) is 0 Å². The van der Waals surface area contributed by atoms with Crippen LogP contribution in [0.15, 0.2) is 37.2 Å². The molecule has 1 amide bonds. The van der Waals surface area contributed by atoms with E-state index in [1.807, 2.05) is 35.2 Å². The predicted octanol–water partition coefficient (Wildman–Crippen LogP) is 1.91. The Labute approximate surface area is 101 Å². The van der Waals surface area contributed by atoms with Crippen molar-refractivity contribution >= 4 is 17.7 Å². The van der Waals surface area contributed by atoms with Gasteiger partial charge in [0, 0.05) is 43.4 Å². The minimum Gasteiger partial charge on any atom is -0.355 e. The number of carbonyl (C=O) groups is 1. The molecule has 0 saturated heterocycles. The highest BCUT2D eigenvalue weighted by molar-refractivity contribution is 7.99. The van der Waals surface area contributed by atoms with Gasteiger partial charge in [-0.15, -0.1) is 6.58 Å². The molecular formula is C12H18N2OS. The summed E-state index contributed by atoms with van der Waals surface area (Å²) in [6.45, 7) is 5.13. The van der Waals surface area contributed by atoms with Crippen LogP contribution in [0.3, 0.4) is 0 Å². The van der Waals surface area contributed by atoms with E-state index in [2.05, 4.69) is 11.9 Å². The number of nitrogens with zero attached hydrogens (tertiary/aromatic N) is 1. The minimum atomic E-state index is 0.118. The highest BCUT2D eigenvalue weighted by Gasteiger charge is 2.00. The Morgan fingerprint density at radius 3 is 2.88 bits per heavy atom. The van der Waals surface area contributed by atoms with E-state index in [9.17, 15) is 4.79 Å². The van der Waals surface area contributed by atoms with E-state index in [1.54, 1.807) is 11.8 Å². The molecule has 1 heterocycles. The number of hydrogen-bond acceptors (Lipinski definition) is 2. The third-order valence-corrected chi connectivity index (χ3v) is 3.03. The van der Waals surface area contributed by atoms with Crippen LogP contribution in [0.5, 0.6) is 0 Å². The molecule has 0 unspecified atom stereocenters. The Kier molecular flexibility index (Phi) is 6.49. The summed E-state index contributed by atoms with van der Waals surface area (Å²) in [4.78, 5) is 11.4. The molecule has 0 aliphatic carbocycles. The number of thioether (sulfide) groups is 1. The van der Waals surface area contributed by atoms with Gasteiger partial charge in [-0.1, -0.05) is 6.08 Å². The first-order valence-electron chi connectivity index (χ1n) is 5.39. The zero-order chi connectivity index (χ0) is 11.6. The first kappa shape index (κ1) is 12.9. The largest absolute Gasteiger partial charge is 0.355 e. The number of hydrogen-bond donors (Lipinski definition) is 1. The van der Waals surface area contributed by atoms with Crippen molar-refractivity contribution < 1.29 is 4.79 Å². The van der Waals surface area contributed by atoms with E-state index in [1.165, 1.54) is 0 Å². The van der Waals surface area contributed by atoms with Gasteiger partial charge in [-0.2, -0.15) is 11.8 Å². The van der Waals surface area contributed by atoms with Crippen LogP contribution in [-0.2, 0) is 11.3 Å². The van der Waals surface area contributed by atoms with Crippen molar-refractivity contribution in [1.29, 1.82) is 0 Å². The summed E-state index contributed by atoms with van der Waals surface area (Å²) in [6, 6.07) is 3.92. The summed E-state index contributed by atoms with van der Waals surface area (Å²) >= 11 is 1.77. The Hall–Kier alpha value is -1.16. The maximum Gasteiger partial charge on any atom is 0.221 e. The smallest absolute Gasteiger partial charge is 0.221 e. The van der Waals surface area contributed by atoms with Crippen LogP contribution in [0.2, 0.25) is 0 Å². The molecule has 1 aromatic heterocycles. The second kappa shape index (κ2) is 8.05. The third kappa shape index (κ3) is 5.66. The summed E-state index contributed by atoms with van der Waals surface area (Å²) in [5.41, 5.74) is 0. The summed E-state index contributed by atoms with van der Waals surface area (Å²) in [5.74, 6) is 2.01. The lowest BCUT2D eigenvalue weighted by Gasteiger charge is -2.05. The lowest BCUT2D eigenvalue weighted by Crippen LogP contribution is -2.26. The predicted molar refractivity (Wildman–Crippen MR) is 69.6 cm³/mol. The van der Waals surface area contributed by atoms with Crippen molar-refractivity contribution in [2.45, 2.75) is 13.0 Å². The van der Waals surface area contributed by atoms with E-state index < -0.39 is 0 Å². The third-order valence-electron chi connectivity index (χ3n) is 2.07. The average molecular weight is 238 g/mol. The molecule has 0 saturated carbocycles. The summed E-state index contributed by atoms with van der Waals surface area (Å²) in [5, 5.41) is 2.90. The SMILES string of the molecule is C=CCSCCNC(=O)CCn1cccc1. The maximum absolute atomic E-state index is 11.4. The molecule has 88 valence electrons. The summed E-state index contributed by atoms with van der Waals surface area (Å²) in [6.07, 6.45) is 6.35. The van der Waals surface area contributed by atoms with E-state index in [0.717, 1.165) is 24.6 Å². The molecule has 3 nitrogen and oxygen atoms in total. The van der Waals surface area contributed by atoms with Crippen LogP contribution in [0.1, 0.15) is 6.42 Å². The minimum absolute atomic E-state index is 0.118. The molecule has 16 heavy (non-hydrogen) atoms. The number of aromatic nitrogens is 1. The van der Waals surface area contributed by atoms with Crippen LogP contribution in [0, 0.1) is 0 Å². The molecule has 0 fully saturated rings. The van der Waals surface area contributed by atoms with Crippen molar-refractivity contribution in [2.75, 3.05) is 18.1 Å². The normalized spacial score (nSPS) is 10.0. The number of carbonyl (C=O) groups excluding carboxylic acids is 1. The van der Waals surface area contributed by atoms with Gasteiger partial charge >= 0.3 is 0 Å². The summed E-state index contributed by atoms with van der Waals surface area (Å²) in [7, 11) is 0. The highest BCUT2D eigenvalue weighted by Crippen LogP contribution is 1.97. The molecule has 0 aliphatic rings. The van der Waals surface area contributed by atoms with Gasteiger partial charge in [0.2, 0.25) is 5.91 Å². The first-order valence-corrected chi connectivity index (χ1v) is 6.54. The van der Waals surface area contributed by atoms with E-state index in [0.29, 0.717) is 6.42 Å². The van der Waals surface area contributed by atoms with Gasteiger partial charge in [0.15, 0.2) is 0 Å². The van der Waals surface area contributed by atoms with E-state index >= 15 is 0 Å². The van der Waals surface area contributed by atoms with Crippen LogP contribution in [0.4, 0.5) is 0 Å². The van der Waals surface area contributed by atoms with Crippen molar-refractivity contribution in [2.24, 2.45) is 0 Å². The second-order valence-electron chi connectivity index (χ2n) is 3.38. The molecule has 0 aliphatic heterocycles. The molecule has 4 heteroatoms. The number of nitrogens with one attached hydrogen (secondary N) is 1. The maximum atomic E-state index is 11.4. The number of amides is 1. The molecule has 0 atom stereocenters. The molecular weight excluding hydrogens is 220 g/mol. The molecule has 0 radical (unpaired) electrons. The fourth-order valence-corrected chi connectivity index (χ4v) is 1.85.